The lowest BCUT2D eigenvalue weighted by molar-refractivity contribution is -0.152. The SMILES string of the molecule is CC1CC(OC(=O)CCCCCCCCC(=O)OC2CC(C)NC(C)C2)CC(C)N1. The fraction of sp³-hybridized carbons (Fsp3) is 0.917. The molecule has 2 saturated heterocycles. The van der Waals surface area contributed by atoms with Crippen molar-refractivity contribution >= 4 is 11.9 Å². The average molecular weight is 425 g/mol. The molecule has 0 amide bonds. The molecule has 0 bridgehead atoms. The van der Waals surface area contributed by atoms with Gasteiger partial charge >= 0.3 is 11.9 Å². The van der Waals surface area contributed by atoms with Gasteiger partial charge in [0.2, 0.25) is 0 Å². The van der Waals surface area contributed by atoms with Gasteiger partial charge < -0.3 is 20.1 Å². The Morgan fingerprint density at radius 3 is 1.23 bits per heavy atom. The second-order valence-corrected chi connectivity index (χ2v) is 9.73. The van der Waals surface area contributed by atoms with Crippen molar-refractivity contribution in [3.8, 4) is 0 Å². The summed E-state index contributed by atoms with van der Waals surface area (Å²) in [7, 11) is 0. The predicted octanol–water partition coefficient (Wildman–Crippen LogP) is 4.25. The predicted molar refractivity (Wildman–Crippen MR) is 119 cm³/mol. The number of nitrogens with one attached hydrogen (secondary N) is 2. The molecule has 2 heterocycles. The van der Waals surface area contributed by atoms with Crippen LogP contribution >= 0.6 is 0 Å². The lowest BCUT2D eigenvalue weighted by Gasteiger charge is -2.32. The van der Waals surface area contributed by atoms with Crippen LogP contribution in [-0.4, -0.2) is 48.3 Å². The van der Waals surface area contributed by atoms with Crippen LogP contribution in [0.3, 0.4) is 0 Å². The van der Waals surface area contributed by atoms with Gasteiger partial charge in [0.15, 0.2) is 0 Å². The van der Waals surface area contributed by atoms with Crippen molar-refractivity contribution in [1.29, 1.82) is 0 Å². The first-order valence-electron chi connectivity index (χ1n) is 12.2. The second kappa shape index (κ2) is 13.3. The van der Waals surface area contributed by atoms with Crippen LogP contribution in [0.25, 0.3) is 0 Å². The molecular formula is C24H44N2O4. The molecule has 6 heteroatoms. The minimum atomic E-state index is -0.0504. The van der Waals surface area contributed by atoms with Crippen LogP contribution in [0.2, 0.25) is 0 Å². The minimum Gasteiger partial charge on any atom is -0.462 e. The smallest absolute Gasteiger partial charge is 0.306 e. The summed E-state index contributed by atoms with van der Waals surface area (Å²) in [5.41, 5.74) is 0. The molecule has 2 aliphatic heterocycles. The number of hydrogen-bond acceptors (Lipinski definition) is 6. The molecule has 2 N–H and O–H groups in total. The van der Waals surface area contributed by atoms with Crippen LogP contribution in [0.4, 0.5) is 0 Å². The number of carbonyl (C=O) groups is 2. The first-order valence-corrected chi connectivity index (χ1v) is 12.2. The van der Waals surface area contributed by atoms with Gasteiger partial charge in [-0.15, -0.1) is 0 Å². The minimum absolute atomic E-state index is 0.0504. The van der Waals surface area contributed by atoms with E-state index in [0.717, 1.165) is 64.2 Å². The van der Waals surface area contributed by atoms with E-state index >= 15 is 0 Å². The maximum absolute atomic E-state index is 12.0. The molecule has 2 aliphatic rings. The van der Waals surface area contributed by atoms with Crippen LogP contribution in [0.5, 0.6) is 0 Å². The van der Waals surface area contributed by atoms with Crippen molar-refractivity contribution < 1.29 is 19.1 Å². The van der Waals surface area contributed by atoms with Crippen LogP contribution in [0.15, 0.2) is 0 Å². The maximum Gasteiger partial charge on any atom is 0.306 e. The van der Waals surface area contributed by atoms with Crippen molar-refractivity contribution in [3.63, 3.8) is 0 Å². The summed E-state index contributed by atoms with van der Waals surface area (Å²) >= 11 is 0. The Hall–Kier alpha value is -1.14. The van der Waals surface area contributed by atoms with Crippen LogP contribution in [0.1, 0.15) is 105 Å². The van der Waals surface area contributed by atoms with E-state index in [4.69, 9.17) is 9.47 Å². The molecule has 0 aromatic heterocycles. The Labute approximate surface area is 183 Å². The van der Waals surface area contributed by atoms with Gasteiger partial charge in [-0.1, -0.05) is 25.7 Å². The standard InChI is InChI=1S/C24H44N2O4/c1-17-13-21(14-18(2)25-17)29-23(27)11-9-7-5-6-8-10-12-24(28)30-22-15-19(3)26-20(4)16-22/h17-22,25-26H,5-16H2,1-4H3. The van der Waals surface area contributed by atoms with Gasteiger partial charge in [-0.05, 0) is 66.2 Å². The lowest BCUT2D eigenvalue weighted by Crippen LogP contribution is -2.45. The van der Waals surface area contributed by atoms with E-state index < -0.39 is 0 Å². The number of esters is 2. The van der Waals surface area contributed by atoms with Gasteiger partial charge in [-0.25, -0.2) is 0 Å². The Morgan fingerprint density at radius 1 is 0.600 bits per heavy atom. The molecule has 0 saturated carbocycles. The Morgan fingerprint density at radius 2 is 0.900 bits per heavy atom. The number of carbonyl (C=O) groups excluding carboxylic acids is 2. The van der Waals surface area contributed by atoms with Crippen molar-refractivity contribution in [2.75, 3.05) is 0 Å². The fourth-order valence-electron chi connectivity index (χ4n) is 4.94. The summed E-state index contributed by atoms with van der Waals surface area (Å²) in [6.45, 7) is 8.57. The summed E-state index contributed by atoms with van der Waals surface area (Å²) < 4.78 is 11.3. The van der Waals surface area contributed by atoms with Crippen molar-refractivity contribution in [2.24, 2.45) is 0 Å². The molecule has 6 nitrogen and oxygen atoms in total. The average Bonchev–Trinajstić information content (AvgIpc) is 2.62. The van der Waals surface area contributed by atoms with Crippen molar-refractivity contribution in [2.45, 2.75) is 141 Å². The highest BCUT2D eigenvalue weighted by atomic mass is 16.5. The van der Waals surface area contributed by atoms with E-state index in [-0.39, 0.29) is 24.1 Å². The topological polar surface area (TPSA) is 76.7 Å². The Bertz CT molecular complexity index is 461. The number of hydrogen-bond donors (Lipinski definition) is 2. The highest BCUT2D eigenvalue weighted by Crippen LogP contribution is 2.19. The van der Waals surface area contributed by atoms with E-state index in [0.29, 0.717) is 37.0 Å². The van der Waals surface area contributed by atoms with Crippen LogP contribution in [0, 0.1) is 0 Å². The summed E-state index contributed by atoms with van der Waals surface area (Å²) in [6, 6.07) is 1.65. The number of unbranched alkanes of at least 4 members (excludes halogenated alkanes) is 5. The van der Waals surface area contributed by atoms with Crippen LogP contribution in [-0.2, 0) is 19.1 Å². The first kappa shape index (κ1) is 25.1. The summed E-state index contributed by atoms with van der Waals surface area (Å²) in [5, 5.41) is 6.93. The molecule has 2 rings (SSSR count). The number of rotatable bonds is 11. The van der Waals surface area contributed by atoms with E-state index in [9.17, 15) is 9.59 Å². The van der Waals surface area contributed by atoms with E-state index in [1.165, 1.54) is 0 Å². The molecule has 2 fully saturated rings. The highest BCUT2D eigenvalue weighted by molar-refractivity contribution is 5.69. The quantitative estimate of drug-likeness (QED) is 0.381. The molecular weight excluding hydrogens is 380 g/mol. The molecule has 4 unspecified atom stereocenters. The molecule has 30 heavy (non-hydrogen) atoms. The second-order valence-electron chi connectivity index (χ2n) is 9.73. The largest absolute Gasteiger partial charge is 0.462 e. The van der Waals surface area contributed by atoms with Gasteiger partial charge in [-0.2, -0.15) is 0 Å². The first-order chi connectivity index (χ1) is 14.3. The summed E-state index contributed by atoms with van der Waals surface area (Å²) in [6.07, 6.45) is 10.9. The number of piperidine rings is 2. The molecule has 4 atom stereocenters. The third kappa shape index (κ3) is 10.3. The van der Waals surface area contributed by atoms with Gasteiger partial charge in [0, 0.05) is 37.0 Å². The number of ether oxygens (including phenoxy) is 2. The van der Waals surface area contributed by atoms with Crippen LogP contribution < -0.4 is 10.6 Å². The molecule has 174 valence electrons. The van der Waals surface area contributed by atoms with Gasteiger partial charge in [0.05, 0.1) is 0 Å². The Balaban J connectivity index is 1.42. The fourth-order valence-corrected chi connectivity index (χ4v) is 4.94. The summed E-state index contributed by atoms with van der Waals surface area (Å²) in [5.74, 6) is -0.101. The van der Waals surface area contributed by atoms with Gasteiger partial charge in [-0.3, -0.25) is 9.59 Å². The van der Waals surface area contributed by atoms with E-state index in [1.807, 2.05) is 0 Å². The zero-order chi connectivity index (χ0) is 21.9. The van der Waals surface area contributed by atoms with Crippen molar-refractivity contribution in [1.82, 2.24) is 10.6 Å². The normalized spacial score (nSPS) is 31.9. The van der Waals surface area contributed by atoms with E-state index in [1.54, 1.807) is 0 Å². The third-order valence-corrected chi connectivity index (χ3v) is 6.21. The maximum atomic E-state index is 12.0. The van der Waals surface area contributed by atoms with Crippen molar-refractivity contribution in [3.05, 3.63) is 0 Å². The Kier molecular flexibility index (Phi) is 11.1. The highest BCUT2D eigenvalue weighted by Gasteiger charge is 2.26. The van der Waals surface area contributed by atoms with Gasteiger partial charge in [0.1, 0.15) is 12.2 Å². The lowest BCUT2D eigenvalue weighted by atomic mass is 9.97. The third-order valence-electron chi connectivity index (χ3n) is 6.21. The molecule has 0 aromatic rings. The van der Waals surface area contributed by atoms with E-state index in [2.05, 4.69) is 38.3 Å². The molecule has 0 spiro atoms. The summed E-state index contributed by atoms with van der Waals surface area (Å²) in [4.78, 5) is 24.1. The molecule has 0 radical (unpaired) electrons. The zero-order valence-electron chi connectivity index (χ0n) is 19.6. The molecule has 0 aliphatic carbocycles. The monoisotopic (exact) mass is 424 g/mol. The van der Waals surface area contributed by atoms with Gasteiger partial charge in [0.25, 0.3) is 0 Å². The molecule has 0 aromatic carbocycles. The zero-order valence-corrected chi connectivity index (χ0v) is 19.6.